The van der Waals surface area contributed by atoms with E-state index in [1.165, 1.54) is 12.2 Å². The molecule has 2 heterocycles. The number of hydrogen-bond donors (Lipinski definition) is 1. The normalized spacial score (nSPS) is 20.9. The quantitative estimate of drug-likeness (QED) is 0.542. The number of aromatic nitrogens is 3. The Kier molecular flexibility index (Phi) is 5.73. The van der Waals surface area contributed by atoms with Crippen LogP contribution in [0.1, 0.15) is 13.3 Å². The molecule has 0 spiro atoms. The van der Waals surface area contributed by atoms with E-state index in [9.17, 15) is 27.6 Å². The SMILES string of the molecule is C=CCn1c(=O)n(CC=C)c(=O)n(CC(=O)NC2(C)CCS(=O)(=O)C2)c1=O. The van der Waals surface area contributed by atoms with Crippen molar-refractivity contribution in [3.63, 3.8) is 0 Å². The topological polar surface area (TPSA) is 129 Å². The molecule has 1 aliphatic heterocycles. The van der Waals surface area contributed by atoms with Gasteiger partial charge in [-0.25, -0.2) is 36.5 Å². The van der Waals surface area contributed by atoms with Gasteiger partial charge in [-0.1, -0.05) is 12.2 Å². The van der Waals surface area contributed by atoms with E-state index in [2.05, 4.69) is 18.5 Å². The van der Waals surface area contributed by atoms with Crippen molar-refractivity contribution in [3.05, 3.63) is 56.8 Å². The molecule has 1 amide bonds. The van der Waals surface area contributed by atoms with Crippen LogP contribution >= 0.6 is 0 Å². The van der Waals surface area contributed by atoms with Crippen molar-refractivity contribution in [2.75, 3.05) is 11.5 Å². The van der Waals surface area contributed by atoms with Gasteiger partial charge in [0.2, 0.25) is 5.91 Å². The van der Waals surface area contributed by atoms with Gasteiger partial charge in [0.15, 0.2) is 9.84 Å². The van der Waals surface area contributed by atoms with E-state index in [1.807, 2.05) is 0 Å². The van der Waals surface area contributed by atoms with Gasteiger partial charge in [0, 0.05) is 0 Å². The summed E-state index contributed by atoms with van der Waals surface area (Å²) in [5.41, 5.74) is -3.67. The smallest absolute Gasteiger partial charge is 0.337 e. The van der Waals surface area contributed by atoms with Crippen LogP contribution in [0.15, 0.2) is 39.7 Å². The van der Waals surface area contributed by atoms with Crippen LogP contribution < -0.4 is 22.4 Å². The van der Waals surface area contributed by atoms with E-state index < -0.39 is 44.9 Å². The van der Waals surface area contributed by atoms with Crippen molar-refractivity contribution in [2.45, 2.75) is 38.5 Å². The number of nitrogens with zero attached hydrogens (tertiary/aromatic N) is 3. The maximum absolute atomic E-state index is 12.5. The molecule has 1 N–H and O–H groups in total. The lowest BCUT2D eigenvalue weighted by Crippen LogP contribution is -2.56. The Hall–Kier alpha value is -2.69. The molecule has 1 fully saturated rings. The van der Waals surface area contributed by atoms with E-state index in [-0.39, 0.29) is 31.0 Å². The van der Waals surface area contributed by atoms with Crippen molar-refractivity contribution in [1.29, 1.82) is 0 Å². The van der Waals surface area contributed by atoms with Gasteiger partial charge >= 0.3 is 17.1 Å². The van der Waals surface area contributed by atoms with E-state index >= 15 is 0 Å². The predicted octanol–water partition coefficient (Wildman–Crippen LogP) is -1.76. The van der Waals surface area contributed by atoms with Gasteiger partial charge in [-0.05, 0) is 13.3 Å². The largest absolute Gasteiger partial charge is 0.348 e. The summed E-state index contributed by atoms with van der Waals surface area (Å²) in [6.45, 7) is 7.62. The summed E-state index contributed by atoms with van der Waals surface area (Å²) in [5.74, 6) is -0.944. The summed E-state index contributed by atoms with van der Waals surface area (Å²) in [6, 6.07) is 0. The Morgan fingerprint density at radius 3 is 1.96 bits per heavy atom. The highest BCUT2D eigenvalue weighted by atomic mass is 32.2. The molecule has 11 heteroatoms. The highest BCUT2D eigenvalue weighted by molar-refractivity contribution is 7.91. The van der Waals surface area contributed by atoms with Crippen LogP contribution in [0.25, 0.3) is 0 Å². The maximum atomic E-state index is 12.5. The van der Waals surface area contributed by atoms with Crippen molar-refractivity contribution >= 4 is 15.7 Å². The molecule has 0 aromatic carbocycles. The average molecular weight is 398 g/mol. The zero-order valence-electron chi connectivity index (χ0n) is 15.0. The monoisotopic (exact) mass is 398 g/mol. The summed E-state index contributed by atoms with van der Waals surface area (Å²) in [4.78, 5) is 49.6. The van der Waals surface area contributed by atoms with Gasteiger partial charge < -0.3 is 5.32 Å². The third-order valence-corrected chi connectivity index (χ3v) is 6.16. The lowest BCUT2D eigenvalue weighted by Gasteiger charge is -2.24. The number of carbonyl (C=O) groups is 1. The first kappa shape index (κ1) is 20.6. The minimum Gasteiger partial charge on any atom is -0.348 e. The van der Waals surface area contributed by atoms with Crippen molar-refractivity contribution in [1.82, 2.24) is 19.0 Å². The Balaban J connectivity index is 2.40. The minimum atomic E-state index is -3.24. The summed E-state index contributed by atoms with van der Waals surface area (Å²) < 4.78 is 25.5. The van der Waals surface area contributed by atoms with E-state index in [4.69, 9.17) is 0 Å². The van der Waals surface area contributed by atoms with E-state index in [1.54, 1.807) is 6.92 Å². The second kappa shape index (κ2) is 7.51. The van der Waals surface area contributed by atoms with Crippen molar-refractivity contribution in [2.24, 2.45) is 0 Å². The molecule has 0 bridgehead atoms. The zero-order valence-corrected chi connectivity index (χ0v) is 15.8. The van der Waals surface area contributed by atoms with Crippen LogP contribution in [-0.4, -0.2) is 45.1 Å². The molecule has 1 aliphatic rings. The molecule has 1 saturated heterocycles. The van der Waals surface area contributed by atoms with Crippen molar-refractivity contribution < 1.29 is 13.2 Å². The molecule has 0 radical (unpaired) electrons. The standard InChI is InChI=1S/C16H22N4O6S/c1-4-7-18-13(22)19(8-5-2)15(24)20(14(18)23)10-12(21)17-16(3)6-9-27(25,26)11-16/h4-5H,1-2,6-11H2,3H3,(H,17,21). The number of carbonyl (C=O) groups excluding carboxylic acids is 1. The minimum absolute atomic E-state index is 0.0416. The second-order valence-corrected chi connectivity index (χ2v) is 8.87. The van der Waals surface area contributed by atoms with E-state index in [0.717, 1.165) is 9.13 Å². The van der Waals surface area contributed by atoms with Crippen LogP contribution in [0.2, 0.25) is 0 Å². The molecule has 2 rings (SSSR count). The molecule has 27 heavy (non-hydrogen) atoms. The van der Waals surface area contributed by atoms with Crippen LogP contribution in [0.3, 0.4) is 0 Å². The third kappa shape index (κ3) is 4.35. The molecular weight excluding hydrogens is 376 g/mol. The van der Waals surface area contributed by atoms with Crippen LogP contribution in [0.5, 0.6) is 0 Å². The van der Waals surface area contributed by atoms with Gasteiger partial charge in [0.05, 0.1) is 30.1 Å². The fourth-order valence-corrected chi connectivity index (χ4v) is 5.11. The Labute approximate surface area is 155 Å². The van der Waals surface area contributed by atoms with Gasteiger partial charge in [-0.15, -0.1) is 13.2 Å². The first-order valence-electron chi connectivity index (χ1n) is 8.21. The predicted molar refractivity (Wildman–Crippen MR) is 99.4 cm³/mol. The van der Waals surface area contributed by atoms with Gasteiger partial charge in [-0.2, -0.15) is 0 Å². The maximum Gasteiger partial charge on any atom is 0.337 e. The molecule has 1 atom stereocenters. The highest BCUT2D eigenvalue weighted by Crippen LogP contribution is 2.22. The Bertz CT molecular complexity index is 1010. The number of sulfone groups is 1. The highest BCUT2D eigenvalue weighted by Gasteiger charge is 2.39. The summed E-state index contributed by atoms with van der Waals surface area (Å²) in [5, 5.41) is 2.58. The number of hydrogen-bond acceptors (Lipinski definition) is 6. The third-order valence-electron chi connectivity index (χ3n) is 4.26. The number of allylic oxidation sites excluding steroid dienone is 2. The lowest BCUT2D eigenvalue weighted by molar-refractivity contribution is -0.123. The fourth-order valence-electron chi connectivity index (χ4n) is 3.02. The van der Waals surface area contributed by atoms with Crippen LogP contribution in [-0.2, 0) is 34.3 Å². The average Bonchev–Trinajstić information content (AvgIpc) is 2.85. The summed E-state index contributed by atoms with van der Waals surface area (Å²) >= 11 is 0. The number of amides is 1. The zero-order chi connectivity index (χ0) is 20.4. The van der Waals surface area contributed by atoms with Gasteiger partial charge in [0.1, 0.15) is 6.54 Å². The molecular formula is C16H22N4O6S. The van der Waals surface area contributed by atoms with E-state index in [0.29, 0.717) is 4.57 Å². The molecule has 1 aromatic rings. The number of rotatable bonds is 7. The first-order valence-corrected chi connectivity index (χ1v) is 10.0. The second-order valence-electron chi connectivity index (χ2n) is 6.68. The molecule has 10 nitrogen and oxygen atoms in total. The van der Waals surface area contributed by atoms with Crippen molar-refractivity contribution in [3.8, 4) is 0 Å². The van der Waals surface area contributed by atoms with Crippen LogP contribution in [0, 0.1) is 0 Å². The Morgan fingerprint density at radius 1 is 1.07 bits per heavy atom. The molecule has 148 valence electrons. The molecule has 1 aromatic heterocycles. The molecule has 1 unspecified atom stereocenters. The van der Waals surface area contributed by atoms with Crippen LogP contribution in [0.4, 0.5) is 0 Å². The Morgan fingerprint density at radius 2 is 1.56 bits per heavy atom. The molecule has 0 aliphatic carbocycles. The summed E-state index contributed by atoms with van der Waals surface area (Å²) in [7, 11) is -3.24. The lowest BCUT2D eigenvalue weighted by atomic mass is 10.0. The summed E-state index contributed by atoms with van der Waals surface area (Å²) in [6.07, 6.45) is 2.88. The first-order chi connectivity index (χ1) is 12.5. The van der Waals surface area contributed by atoms with Gasteiger partial charge in [-0.3, -0.25) is 4.79 Å². The van der Waals surface area contributed by atoms with Gasteiger partial charge in [0.25, 0.3) is 0 Å². The number of nitrogens with one attached hydrogen (secondary N) is 1. The molecule has 0 saturated carbocycles. The fraction of sp³-hybridized carbons (Fsp3) is 0.500.